The number of nitrogens with zero attached hydrogens (tertiary/aromatic N) is 2. The van der Waals surface area contributed by atoms with Crippen molar-refractivity contribution in [2.24, 2.45) is 0 Å². The van der Waals surface area contributed by atoms with Gasteiger partial charge in [0, 0.05) is 25.2 Å². The van der Waals surface area contributed by atoms with E-state index in [4.69, 9.17) is 16.3 Å². The molecule has 0 radical (unpaired) electrons. The Hall–Kier alpha value is -1.65. The van der Waals surface area contributed by atoms with Crippen LogP contribution in [0.1, 0.15) is 11.1 Å². The lowest BCUT2D eigenvalue weighted by Crippen LogP contribution is -2.25. The molecule has 1 aliphatic rings. The van der Waals surface area contributed by atoms with Crippen molar-refractivity contribution < 1.29 is 9.13 Å². The number of fused-ring (bicyclic) bond motifs is 1. The van der Waals surface area contributed by atoms with Crippen molar-refractivity contribution in [2.45, 2.75) is 13.1 Å². The fourth-order valence-corrected chi connectivity index (χ4v) is 2.43. The third kappa shape index (κ3) is 2.92. The van der Waals surface area contributed by atoms with E-state index in [1.807, 2.05) is 18.2 Å². The van der Waals surface area contributed by atoms with Gasteiger partial charge in [-0.25, -0.2) is 4.39 Å². The number of benzene rings is 1. The summed E-state index contributed by atoms with van der Waals surface area (Å²) in [5.41, 5.74) is 1.96. The van der Waals surface area contributed by atoms with E-state index in [0.717, 1.165) is 18.7 Å². The zero-order valence-corrected chi connectivity index (χ0v) is 11.6. The van der Waals surface area contributed by atoms with Gasteiger partial charge in [-0.3, -0.25) is 4.90 Å². The van der Waals surface area contributed by atoms with Gasteiger partial charge in [-0.2, -0.15) is 4.98 Å². The van der Waals surface area contributed by atoms with Crippen LogP contribution in [0, 0.1) is 5.82 Å². The molecule has 5 heteroatoms. The summed E-state index contributed by atoms with van der Waals surface area (Å²) in [5, 5.41) is -0.139. The van der Waals surface area contributed by atoms with Gasteiger partial charge in [0.1, 0.15) is 6.61 Å². The van der Waals surface area contributed by atoms with Gasteiger partial charge in [-0.1, -0.05) is 41.9 Å². The maximum Gasteiger partial charge on any atom is 0.219 e. The van der Waals surface area contributed by atoms with Crippen LogP contribution in [0.2, 0.25) is 5.15 Å². The summed E-state index contributed by atoms with van der Waals surface area (Å²) in [6.45, 7) is 2.69. The average Bonchev–Trinajstić information content (AvgIpc) is 2.62. The Morgan fingerprint density at radius 2 is 2.10 bits per heavy atom. The third-order valence-electron chi connectivity index (χ3n) is 3.26. The van der Waals surface area contributed by atoms with E-state index in [0.29, 0.717) is 19.0 Å². The normalized spacial score (nSPS) is 15.3. The van der Waals surface area contributed by atoms with Crippen LogP contribution < -0.4 is 4.74 Å². The molecule has 0 aliphatic carbocycles. The highest BCUT2D eigenvalue weighted by atomic mass is 35.5. The van der Waals surface area contributed by atoms with E-state index < -0.39 is 5.82 Å². The Morgan fingerprint density at radius 1 is 1.30 bits per heavy atom. The molecule has 1 aromatic carbocycles. The summed E-state index contributed by atoms with van der Waals surface area (Å²) in [6.07, 6.45) is 0. The van der Waals surface area contributed by atoms with Crippen LogP contribution in [0.4, 0.5) is 4.39 Å². The van der Waals surface area contributed by atoms with Crippen molar-refractivity contribution in [1.29, 1.82) is 0 Å². The van der Waals surface area contributed by atoms with Crippen LogP contribution in [0.3, 0.4) is 0 Å². The number of ether oxygens (including phenoxy) is 1. The number of pyridine rings is 1. The summed E-state index contributed by atoms with van der Waals surface area (Å²) in [4.78, 5) is 6.16. The first-order chi connectivity index (χ1) is 9.72. The van der Waals surface area contributed by atoms with Crippen LogP contribution >= 0.6 is 11.6 Å². The molecule has 0 spiro atoms. The fourth-order valence-electron chi connectivity index (χ4n) is 2.29. The molecule has 3 nitrogen and oxygen atoms in total. The molecule has 0 unspecified atom stereocenters. The predicted octanol–water partition coefficient (Wildman–Crippen LogP) is 3.27. The smallest absolute Gasteiger partial charge is 0.219 e. The molecule has 1 aliphatic heterocycles. The predicted molar refractivity (Wildman–Crippen MR) is 75.3 cm³/mol. The molecule has 0 amide bonds. The summed E-state index contributed by atoms with van der Waals surface area (Å²) in [6, 6.07) is 11.6. The highest BCUT2D eigenvalue weighted by Crippen LogP contribution is 2.26. The van der Waals surface area contributed by atoms with Gasteiger partial charge < -0.3 is 4.74 Å². The quantitative estimate of drug-likeness (QED) is 0.795. The molecular weight excluding hydrogens is 279 g/mol. The fraction of sp³-hybridized carbons (Fsp3) is 0.267. The second-order valence-electron chi connectivity index (χ2n) is 4.77. The van der Waals surface area contributed by atoms with Crippen LogP contribution in [0.5, 0.6) is 5.88 Å². The van der Waals surface area contributed by atoms with Gasteiger partial charge in [-0.15, -0.1) is 0 Å². The number of halogens is 2. The molecule has 20 heavy (non-hydrogen) atoms. The van der Waals surface area contributed by atoms with Gasteiger partial charge in [0.25, 0.3) is 0 Å². The molecule has 3 rings (SSSR count). The molecule has 2 aromatic rings. The minimum absolute atomic E-state index is 0.139. The lowest BCUT2D eigenvalue weighted by Gasteiger charge is -2.19. The van der Waals surface area contributed by atoms with E-state index in [2.05, 4.69) is 22.0 Å². The number of hydrogen-bond acceptors (Lipinski definition) is 3. The summed E-state index contributed by atoms with van der Waals surface area (Å²) < 4.78 is 19.1. The molecule has 104 valence electrons. The summed E-state index contributed by atoms with van der Waals surface area (Å²) >= 11 is 5.69. The molecule has 0 N–H and O–H groups in total. The summed E-state index contributed by atoms with van der Waals surface area (Å²) in [7, 11) is 0. The van der Waals surface area contributed by atoms with E-state index in [1.54, 1.807) is 0 Å². The maximum absolute atomic E-state index is 13.5. The van der Waals surface area contributed by atoms with Crippen molar-refractivity contribution in [3.8, 4) is 5.88 Å². The largest absolute Gasteiger partial charge is 0.476 e. The Morgan fingerprint density at radius 3 is 2.90 bits per heavy atom. The minimum Gasteiger partial charge on any atom is -0.476 e. The van der Waals surface area contributed by atoms with E-state index in [9.17, 15) is 4.39 Å². The van der Waals surface area contributed by atoms with Crippen LogP contribution in [-0.2, 0) is 13.1 Å². The number of aromatic nitrogens is 1. The van der Waals surface area contributed by atoms with Gasteiger partial charge in [0.05, 0.1) is 0 Å². The molecule has 2 heterocycles. The van der Waals surface area contributed by atoms with Crippen molar-refractivity contribution in [3.05, 3.63) is 58.5 Å². The van der Waals surface area contributed by atoms with E-state index >= 15 is 0 Å². The molecule has 1 aromatic heterocycles. The van der Waals surface area contributed by atoms with Gasteiger partial charge in [0.15, 0.2) is 11.0 Å². The van der Waals surface area contributed by atoms with Gasteiger partial charge in [0.2, 0.25) is 5.88 Å². The standard InChI is InChI=1S/C15H14ClFN2O/c16-14-13(17)8-12-10-19(6-7-20-15(12)18-14)9-11-4-2-1-3-5-11/h1-5,8H,6-7,9-10H2. The summed E-state index contributed by atoms with van der Waals surface area (Å²) in [5.74, 6) is -0.0671. The highest BCUT2D eigenvalue weighted by Gasteiger charge is 2.19. The lowest BCUT2D eigenvalue weighted by atomic mass is 10.2. The Bertz CT molecular complexity index is 606. The second-order valence-corrected chi connectivity index (χ2v) is 5.13. The molecule has 0 saturated carbocycles. The van der Waals surface area contributed by atoms with Crippen LogP contribution in [-0.4, -0.2) is 23.0 Å². The zero-order valence-electron chi connectivity index (χ0n) is 10.9. The van der Waals surface area contributed by atoms with Crippen LogP contribution in [0.15, 0.2) is 36.4 Å². The second kappa shape index (κ2) is 5.77. The van der Waals surface area contributed by atoms with Crippen LogP contribution in [0.25, 0.3) is 0 Å². The Labute approximate surface area is 122 Å². The number of hydrogen-bond donors (Lipinski definition) is 0. The molecule has 0 saturated heterocycles. The highest BCUT2D eigenvalue weighted by molar-refractivity contribution is 6.29. The molecule has 0 fully saturated rings. The Kier molecular flexibility index (Phi) is 3.85. The topological polar surface area (TPSA) is 25.4 Å². The van der Waals surface area contributed by atoms with Crippen molar-refractivity contribution >= 4 is 11.6 Å². The monoisotopic (exact) mass is 292 g/mol. The number of rotatable bonds is 2. The first-order valence-corrected chi connectivity index (χ1v) is 6.84. The Balaban J connectivity index is 1.81. The van der Waals surface area contributed by atoms with E-state index in [-0.39, 0.29) is 5.15 Å². The molecular formula is C15H14ClFN2O. The van der Waals surface area contributed by atoms with Crippen molar-refractivity contribution in [2.75, 3.05) is 13.2 Å². The van der Waals surface area contributed by atoms with Gasteiger partial charge in [-0.05, 0) is 11.6 Å². The van der Waals surface area contributed by atoms with Crippen molar-refractivity contribution in [1.82, 2.24) is 9.88 Å². The first-order valence-electron chi connectivity index (χ1n) is 6.46. The lowest BCUT2D eigenvalue weighted by molar-refractivity contribution is 0.217. The first kappa shape index (κ1) is 13.3. The SMILES string of the molecule is Fc1cc2c(nc1Cl)OCCN(Cc1ccccc1)C2. The third-order valence-corrected chi connectivity index (χ3v) is 3.53. The van der Waals surface area contributed by atoms with Crippen molar-refractivity contribution in [3.63, 3.8) is 0 Å². The zero-order chi connectivity index (χ0) is 13.9. The molecule has 0 atom stereocenters. The maximum atomic E-state index is 13.5. The van der Waals surface area contributed by atoms with Gasteiger partial charge >= 0.3 is 0 Å². The molecule has 0 bridgehead atoms. The average molecular weight is 293 g/mol. The van der Waals surface area contributed by atoms with E-state index in [1.165, 1.54) is 11.6 Å². The minimum atomic E-state index is -0.504.